The van der Waals surface area contributed by atoms with Crippen LogP contribution < -0.4 is 4.74 Å². The van der Waals surface area contributed by atoms with E-state index in [9.17, 15) is 0 Å². The topological polar surface area (TPSA) is 40.6 Å². The van der Waals surface area contributed by atoms with Crippen molar-refractivity contribution >= 4 is 0 Å². The van der Waals surface area contributed by atoms with Gasteiger partial charge in [-0.05, 0) is 35.4 Å². The van der Waals surface area contributed by atoms with Crippen molar-refractivity contribution in [3.63, 3.8) is 0 Å². The van der Waals surface area contributed by atoms with Gasteiger partial charge >= 0.3 is 0 Å². The van der Waals surface area contributed by atoms with Gasteiger partial charge in [0.1, 0.15) is 12.4 Å². The maximum atomic E-state index is 5.67. The molecule has 4 heteroatoms. The fourth-order valence-corrected chi connectivity index (χ4v) is 1.77. The number of hydrogen-bond donors (Lipinski definition) is 0. The van der Waals surface area contributed by atoms with Crippen LogP contribution in [0, 0.1) is 0 Å². The van der Waals surface area contributed by atoms with Gasteiger partial charge in [-0.15, -0.1) is 0 Å². The zero-order chi connectivity index (χ0) is 14.0. The van der Waals surface area contributed by atoms with Crippen LogP contribution in [0.2, 0.25) is 0 Å². The number of benzene rings is 1. The molecule has 0 saturated carbocycles. The maximum absolute atomic E-state index is 5.67. The highest BCUT2D eigenvalue weighted by Crippen LogP contribution is 2.23. The average molecular weight is 273 g/mol. The van der Waals surface area contributed by atoms with Crippen LogP contribution in [0.5, 0.6) is 5.75 Å². The lowest BCUT2D eigenvalue weighted by Crippen LogP contribution is -2.09. The summed E-state index contributed by atoms with van der Waals surface area (Å²) in [7, 11) is 1.66. The molecule has 1 aromatic carbocycles. The van der Waals surface area contributed by atoms with Gasteiger partial charge in [0.05, 0.1) is 19.8 Å². The van der Waals surface area contributed by atoms with Crippen LogP contribution >= 0.6 is 0 Å². The molecule has 0 radical (unpaired) electrons. The van der Waals surface area contributed by atoms with Crippen LogP contribution in [0.4, 0.5) is 0 Å². The molecule has 0 aliphatic carbocycles. The molecule has 106 valence electrons. The summed E-state index contributed by atoms with van der Waals surface area (Å²) in [6.07, 6.45) is 3.57. The third-order valence-electron chi connectivity index (χ3n) is 2.78. The molecule has 0 unspecified atom stereocenters. The van der Waals surface area contributed by atoms with Crippen molar-refractivity contribution < 1.29 is 14.2 Å². The summed E-state index contributed by atoms with van der Waals surface area (Å²) in [6.45, 7) is 2.29. The van der Waals surface area contributed by atoms with Gasteiger partial charge in [-0.2, -0.15) is 0 Å². The number of nitrogens with zero attached hydrogens (tertiary/aromatic N) is 1. The quantitative estimate of drug-likeness (QED) is 0.693. The Hall–Kier alpha value is -1.91. The van der Waals surface area contributed by atoms with E-state index in [-0.39, 0.29) is 0 Å². The smallest absolute Gasteiger partial charge is 0.120 e. The Morgan fingerprint density at radius 2 is 1.70 bits per heavy atom. The van der Waals surface area contributed by atoms with E-state index in [1.807, 2.05) is 30.3 Å². The molecule has 0 aliphatic heterocycles. The first-order valence-corrected chi connectivity index (χ1v) is 6.60. The number of hydrogen-bond acceptors (Lipinski definition) is 4. The van der Waals surface area contributed by atoms with E-state index < -0.39 is 0 Å². The van der Waals surface area contributed by atoms with Crippen molar-refractivity contribution in [3.8, 4) is 16.9 Å². The summed E-state index contributed by atoms with van der Waals surface area (Å²) in [5, 5.41) is 0. The minimum Gasteiger partial charge on any atom is -0.491 e. The van der Waals surface area contributed by atoms with E-state index in [0.29, 0.717) is 26.4 Å². The minimum atomic E-state index is 0.531. The Kier molecular flexibility index (Phi) is 6.02. The third-order valence-corrected chi connectivity index (χ3v) is 2.78. The van der Waals surface area contributed by atoms with Crippen molar-refractivity contribution in [2.75, 3.05) is 33.5 Å². The first-order chi connectivity index (χ1) is 9.90. The van der Waals surface area contributed by atoms with Gasteiger partial charge in [0.25, 0.3) is 0 Å². The van der Waals surface area contributed by atoms with E-state index in [4.69, 9.17) is 14.2 Å². The maximum Gasteiger partial charge on any atom is 0.120 e. The zero-order valence-electron chi connectivity index (χ0n) is 11.6. The van der Waals surface area contributed by atoms with Crippen molar-refractivity contribution in [2.24, 2.45) is 0 Å². The van der Waals surface area contributed by atoms with Crippen LogP contribution in [0.15, 0.2) is 48.8 Å². The van der Waals surface area contributed by atoms with Crippen LogP contribution in [0.25, 0.3) is 11.1 Å². The molecule has 20 heavy (non-hydrogen) atoms. The number of rotatable bonds is 8. The second-order valence-electron chi connectivity index (χ2n) is 4.22. The van der Waals surface area contributed by atoms with Gasteiger partial charge in [0.15, 0.2) is 0 Å². The molecule has 0 N–H and O–H groups in total. The molecule has 0 fully saturated rings. The molecule has 0 amide bonds. The normalized spacial score (nSPS) is 10.4. The fraction of sp³-hybridized carbons (Fsp3) is 0.312. The number of ether oxygens (including phenoxy) is 3. The van der Waals surface area contributed by atoms with Crippen molar-refractivity contribution in [2.45, 2.75) is 0 Å². The number of methoxy groups -OCH3 is 1. The van der Waals surface area contributed by atoms with E-state index in [2.05, 4.69) is 11.1 Å². The highest BCUT2D eigenvalue weighted by atomic mass is 16.5. The van der Waals surface area contributed by atoms with Crippen LogP contribution in [0.3, 0.4) is 0 Å². The highest BCUT2D eigenvalue weighted by molar-refractivity contribution is 5.64. The van der Waals surface area contributed by atoms with Gasteiger partial charge in [-0.3, -0.25) is 4.98 Å². The van der Waals surface area contributed by atoms with Crippen LogP contribution in [0.1, 0.15) is 0 Å². The molecular weight excluding hydrogens is 254 g/mol. The predicted octanol–water partition coefficient (Wildman–Crippen LogP) is 2.79. The summed E-state index contributed by atoms with van der Waals surface area (Å²) < 4.78 is 15.9. The largest absolute Gasteiger partial charge is 0.491 e. The minimum absolute atomic E-state index is 0.531. The SMILES string of the molecule is COCCOCCOc1cccc(-c2ccncc2)c1. The highest BCUT2D eigenvalue weighted by Gasteiger charge is 1.99. The predicted molar refractivity (Wildman–Crippen MR) is 77.9 cm³/mol. The van der Waals surface area contributed by atoms with Crippen molar-refractivity contribution in [1.82, 2.24) is 4.98 Å². The Morgan fingerprint density at radius 3 is 2.50 bits per heavy atom. The second kappa shape index (κ2) is 8.30. The lowest BCUT2D eigenvalue weighted by molar-refractivity contribution is 0.0544. The van der Waals surface area contributed by atoms with Gasteiger partial charge in [-0.1, -0.05) is 12.1 Å². The lowest BCUT2D eigenvalue weighted by Gasteiger charge is -2.08. The van der Waals surface area contributed by atoms with Gasteiger partial charge in [0, 0.05) is 19.5 Å². The summed E-state index contributed by atoms with van der Waals surface area (Å²) in [4.78, 5) is 4.02. The number of aromatic nitrogens is 1. The fourth-order valence-electron chi connectivity index (χ4n) is 1.77. The standard InChI is InChI=1S/C16H19NO3/c1-18-9-10-19-11-12-20-16-4-2-3-15(13-16)14-5-7-17-8-6-14/h2-8,13H,9-12H2,1H3. The summed E-state index contributed by atoms with van der Waals surface area (Å²) in [6, 6.07) is 12.0. The Bertz CT molecular complexity index is 502. The average Bonchev–Trinajstić information content (AvgIpc) is 2.52. The van der Waals surface area contributed by atoms with Gasteiger partial charge < -0.3 is 14.2 Å². The first kappa shape index (κ1) is 14.5. The molecule has 0 spiro atoms. The third kappa shape index (κ3) is 4.64. The second-order valence-corrected chi connectivity index (χ2v) is 4.22. The van der Waals surface area contributed by atoms with E-state index in [0.717, 1.165) is 16.9 Å². The van der Waals surface area contributed by atoms with E-state index >= 15 is 0 Å². The molecule has 1 aromatic heterocycles. The van der Waals surface area contributed by atoms with Gasteiger partial charge in [0.2, 0.25) is 0 Å². The van der Waals surface area contributed by atoms with E-state index in [1.54, 1.807) is 19.5 Å². The lowest BCUT2D eigenvalue weighted by atomic mass is 10.1. The van der Waals surface area contributed by atoms with Crippen LogP contribution in [-0.2, 0) is 9.47 Å². The van der Waals surface area contributed by atoms with Crippen LogP contribution in [-0.4, -0.2) is 38.5 Å². The van der Waals surface area contributed by atoms with Crippen molar-refractivity contribution in [3.05, 3.63) is 48.8 Å². The first-order valence-electron chi connectivity index (χ1n) is 6.60. The Labute approximate surface area is 119 Å². The molecule has 2 rings (SSSR count). The van der Waals surface area contributed by atoms with E-state index in [1.165, 1.54) is 0 Å². The molecule has 0 saturated heterocycles. The van der Waals surface area contributed by atoms with Gasteiger partial charge in [-0.25, -0.2) is 0 Å². The summed E-state index contributed by atoms with van der Waals surface area (Å²) >= 11 is 0. The molecule has 2 aromatic rings. The van der Waals surface area contributed by atoms with Crippen molar-refractivity contribution in [1.29, 1.82) is 0 Å². The monoisotopic (exact) mass is 273 g/mol. The Balaban J connectivity index is 1.84. The summed E-state index contributed by atoms with van der Waals surface area (Å²) in [5.74, 6) is 0.842. The summed E-state index contributed by atoms with van der Waals surface area (Å²) in [5.41, 5.74) is 2.24. The molecule has 0 bridgehead atoms. The Morgan fingerprint density at radius 1 is 0.900 bits per heavy atom. The molecule has 1 heterocycles. The zero-order valence-corrected chi connectivity index (χ0v) is 11.6. The molecule has 0 aliphatic rings. The number of pyridine rings is 1. The molecule has 4 nitrogen and oxygen atoms in total. The molecular formula is C16H19NO3. The molecule has 0 atom stereocenters.